The quantitative estimate of drug-likeness (QED) is 0.233. The number of benzene rings is 3. The monoisotopic (exact) mass is 653 g/mol. The number of nitrogens with one attached hydrogen (secondary N) is 1. The second-order valence-electron chi connectivity index (χ2n) is 8.92. The summed E-state index contributed by atoms with van der Waals surface area (Å²) in [5, 5.41) is 3.55. The van der Waals surface area contributed by atoms with Gasteiger partial charge in [-0.25, -0.2) is 8.42 Å². The highest BCUT2D eigenvalue weighted by molar-refractivity contribution is 9.10. The van der Waals surface area contributed by atoms with Gasteiger partial charge in [0.05, 0.1) is 10.6 Å². The third kappa shape index (κ3) is 8.45. The predicted octanol–water partition coefficient (Wildman–Crippen LogP) is 6.28. The molecule has 0 radical (unpaired) electrons. The van der Waals surface area contributed by atoms with Crippen molar-refractivity contribution in [2.75, 3.05) is 17.4 Å². The highest BCUT2D eigenvalue weighted by atomic mass is 79.9. The average Bonchev–Trinajstić information content (AvgIpc) is 2.90. The van der Waals surface area contributed by atoms with Crippen LogP contribution in [-0.4, -0.2) is 44.3 Å². The Morgan fingerprint density at radius 3 is 2.31 bits per heavy atom. The topological polar surface area (TPSA) is 86.8 Å². The van der Waals surface area contributed by atoms with Crippen molar-refractivity contribution in [3.05, 3.63) is 92.9 Å². The van der Waals surface area contributed by atoms with E-state index >= 15 is 0 Å². The van der Waals surface area contributed by atoms with E-state index in [2.05, 4.69) is 21.2 Å². The van der Waals surface area contributed by atoms with Gasteiger partial charge in [0.2, 0.25) is 11.8 Å². The van der Waals surface area contributed by atoms with Gasteiger partial charge in [0.25, 0.3) is 10.0 Å². The molecule has 1 atom stereocenters. The number of rotatable bonds is 12. The van der Waals surface area contributed by atoms with Gasteiger partial charge in [-0.15, -0.1) is 0 Å². The molecule has 7 nitrogen and oxygen atoms in total. The lowest BCUT2D eigenvalue weighted by atomic mass is 10.1. The number of unbranched alkanes of at least 4 members (excludes halogenated alkanes) is 1. The van der Waals surface area contributed by atoms with Crippen LogP contribution < -0.4 is 9.62 Å². The van der Waals surface area contributed by atoms with Crippen LogP contribution in [0.2, 0.25) is 10.0 Å². The van der Waals surface area contributed by atoms with Gasteiger partial charge in [-0.3, -0.25) is 13.9 Å². The molecule has 0 fully saturated rings. The Morgan fingerprint density at radius 2 is 1.67 bits per heavy atom. The first-order valence-corrected chi connectivity index (χ1v) is 15.4. The van der Waals surface area contributed by atoms with E-state index in [1.807, 2.05) is 31.2 Å². The molecular formula is C28H30BrCl2N3O4S. The molecule has 0 aliphatic carbocycles. The summed E-state index contributed by atoms with van der Waals surface area (Å²) >= 11 is 15.6. The molecule has 3 aromatic rings. The van der Waals surface area contributed by atoms with Gasteiger partial charge in [0.15, 0.2) is 0 Å². The minimum atomic E-state index is -4.20. The number of carbonyl (C=O) groups excluding carboxylic acids is 2. The SMILES string of the molecule is CCCCNC(=O)[C@@H](C)N(Cc1cccc(Br)c1)C(=O)CN(c1cccc(Cl)c1)S(=O)(=O)c1ccc(Cl)cc1. The van der Waals surface area contributed by atoms with Gasteiger partial charge >= 0.3 is 0 Å². The molecule has 0 spiro atoms. The molecule has 208 valence electrons. The summed E-state index contributed by atoms with van der Waals surface area (Å²) in [5.41, 5.74) is 0.994. The van der Waals surface area contributed by atoms with E-state index in [4.69, 9.17) is 23.2 Å². The first-order chi connectivity index (χ1) is 18.5. The largest absolute Gasteiger partial charge is 0.354 e. The van der Waals surface area contributed by atoms with E-state index in [-0.39, 0.29) is 23.0 Å². The normalized spacial score (nSPS) is 12.0. The lowest BCUT2D eigenvalue weighted by Crippen LogP contribution is -2.51. The summed E-state index contributed by atoms with van der Waals surface area (Å²) in [6, 6.07) is 18.5. The second-order valence-corrected chi connectivity index (χ2v) is 12.6. The third-order valence-corrected chi connectivity index (χ3v) is 8.78. The van der Waals surface area contributed by atoms with Crippen molar-refractivity contribution in [2.45, 2.75) is 44.2 Å². The summed E-state index contributed by atoms with van der Waals surface area (Å²) in [6.45, 7) is 3.69. The average molecular weight is 655 g/mol. The number of halogens is 3. The molecule has 0 aliphatic rings. The lowest BCUT2D eigenvalue weighted by molar-refractivity contribution is -0.139. The van der Waals surface area contributed by atoms with E-state index < -0.39 is 28.5 Å². The van der Waals surface area contributed by atoms with Crippen molar-refractivity contribution in [3.63, 3.8) is 0 Å². The Hall–Kier alpha value is -2.59. The number of hydrogen-bond donors (Lipinski definition) is 1. The fourth-order valence-corrected chi connectivity index (χ4v) is 6.01. The number of nitrogens with zero attached hydrogens (tertiary/aromatic N) is 2. The predicted molar refractivity (Wildman–Crippen MR) is 160 cm³/mol. The zero-order valence-electron chi connectivity index (χ0n) is 21.6. The molecule has 3 aromatic carbocycles. The fourth-order valence-electron chi connectivity index (χ4n) is 3.84. The first-order valence-electron chi connectivity index (χ1n) is 12.4. The molecule has 11 heteroatoms. The van der Waals surface area contributed by atoms with Crippen molar-refractivity contribution in [3.8, 4) is 0 Å². The number of anilines is 1. The maximum absolute atomic E-state index is 13.9. The third-order valence-electron chi connectivity index (χ3n) is 6.02. The highest BCUT2D eigenvalue weighted by Gasteiger charge is 2.32. The molecule has 39 heavy (non-hydrogen) atoms. The van der Waals surface area contributed by atoms with E-state index in [0.29, 0.717) is 16.6 Å². The second kappa shape index (κ2) is 14.2. The van der Waals surface area contributed by atoms with Crippen LogP contribution in [0.25, 0.3) is 0 Å². The van der Waals surface area contributed by atoms with Crippen molar-refractivity contribution >= 4 is 66.7 Å². The maximum atomic E-state index is 13.9. The molecule has 0 heterocycles. The standard InChI is InChI=1S/C28H30BrCl2N3O4S/c1-3-4-15-32-28(36)20(2)33(18-21-7-5-8-22(29)16-21)27(35)19-34(25-10-6-9-24(31)17-25)39(37,38)26-13-11-23(30)12-14-26/h5-14,16-17,20H,3-4,15,18-19H2,1-2H3,(H,32,36)/t20-/m1/s1. The van der Waals surface area contributed by atoms with Gasteiger partial charge in [0.1, 0.15) is 12.6 Å². The van der Waals surface area contributed by atoms with Gasteiger partial charge in [-0.2, -0.15) is 0 Å². The van der Waals surface area contributed by atoms with Crippen LogP contribution in [0, 0.1) is 0 Å². The maximum Gasteiger partial charge on any atom is 0.264 e. The van der Waals surface area contributed by atoms with Crippen LogP contribution in [0.1, 0.15) is 32.3 Å². The summed E-state index contributed by atoms with van der Waals surface area (Å²) in [5.74, 6) is -0.868. The zero-order chi connectivity index (χ0) is 28.6. The van der Waals surface area contributed by atoms with Gasteiger partial charge in [0, 0.05) is 27.6 Å². The van der Waals surface area contributed by atoms with Crippen molar-refractivity contribution in [1.29, 1.82) is 0 Å². The van der Waals surface area contributed by atoms with Crippen LogP contribution in [0.3, 0.4) is 0 Å². The summed E-state index contributed by atoms with van der Waals surface area (Å²) in [6.07, 6.45) is 1.71. The molecular weight excluding hydrogens is 625 g/mol. The van der Waals surface area contributed by atoms with Crippen LogP contribution in [0.15, 0.2) is 82.2 Å². The van der Waals surface area contributed by atoms with Gasteiger partial charge < -0.3 is 10.2 Å². The Balaban J connectivity index is 2.00. The summed E-state index contributed by atoms with van der Waals surface area (Å²) in [4.78, 5) is 28.2. The molecule has 0 bridgehead atoms. The Morgan fingerprint density at radius 1 is 0.974 bits per heavy atom. The van der Waals surface area contributed by atoms with Crippen molar-refractivity contribution in [2.24, 2.45) is 0 Å². The van der Waals surface area contributed by atoms with Crippen molar-refractivity contribution < 1.29 is 18.0 Å². The van der Waals surface area contributed by atoms with Crippen LogP contribution in [0.4, 0.5) is 5.69 Å². The van der Waals surface area contributed by atoms with E-state index in [1.54, 1.807) is 25.1 Å². The van der Waals surface area contributed by atoms with Crippen LogP contribution in [0.5, 0.6) is 0 Å². The Kier molecular flexibility index (Phi) is 11.2. The minimum absolute atomic E-state index is 0.0384. The fraction of sp³-hybridized carbons (Fsp3) is 0.286. The number of amides is 2. The molecule has 0 saturated heterocycles. The van der Waals surface area contributed by atoms with Crippen molar-refractivity contribution in [1.82, 2.24) is 10.2 Å². The van der Waals surface area contributed by atoms with Gasteiger partial charge in [-0.1, -0.05) is 70.7 Å². The van der Waals surface area contributed by atoms with Crippen LogP contribution >= 0.6 is 39.1 Å². The van der Waals surface area contributed by atoms with Crippen LogP contribution in [-0.2, 0) is 26.2 Å². The molecule has 0 aromatic heterocycles. The molecule has 1 N–H and O–H groups in total. The first kappa shape index (κ1) is 30.9. The number of carbonyl (C=O) groups is 2. The highest BCUT2D eigenvalue weighted by Crippen LogP contribution is 2.27. The molecule has 3 rings (SSSR count). The van der Waals surface area contributed by atoms with E-state index in [1.165, 1.54) is 35.2 Å². The smallest absolute Gasteiger partial charge is 0.264 e. The van der Waals surface area contributed by atoms with E-state index in [0.717, 1.165) is 27.2 Å². The Labute approximate surface area is 248 Å². The lowest BCUT2D eigenvalue weighted by Gasteiger charge is -2.32. The number of sulfonamides is 1. The summed E-state index contributed by atoms with van der Waals surface area (Å²) < 4.78 is 29.4. The van der Waals surface area contributed by atoms with E-state index in [9.17, 15) is 18.0 Å². The Bertz CT molecular complexity index is 1400. The molecule has 2 amide bonds. The van der Waals surface area contributed by atoms with Gasteiger partial charge in [-0.05, 0) is 73.5 Å². The molecule has 0 saturated carbocycles. The zero-order valence-corrected chi connectivity index (χ0v) is 25.5. The number of hydrogen-bond acceptors (Lipinski definition) is 4. The minimum Gasteiger partial charge on any atom is -0.354 e. The molecule has 0 aliphatic heterocycles. The molecule has 0 unspecified atom stereocenters. The summed E-state index contributed by atoms with van der Waals surface area (Å²) in [7, 11) is -4.20.